The topological polar surface area (TPSA) is 31.0 Å². The van der Waals surface area contributed by atoms with E-state index in [2.05, 4.69) is 123 Å². The molecule has 4 aromatic carbocycles. The van der Waals surface area contributed by atoms with Crippen molar-refractivity contribution in [3.05, 3.63) is 102 Å². The number of nitrogens with zero attached hydrogens (tertiary/aromatic N) is 2. The van der Waals surface area contributed by atoms with Gasteiger partial charge >= 0.3 is 0 Å². The predicted molar refractivity (Wildman–Crippen MR) is 162 cm³/mol. The molecule has 4 heteroatoms. The molecule has 2 aromatic heterocycles. The maximum Gasteiger partial charge on any atom is 0.149 e. The third-order valence-electron chi connectivity index (χ3n) is 7.33. The van der Waals surface area contributed by atoms with Gasteiger partial charge in [0.2, 0.25) is 0 Å². The van der Waals surface area contributed by atoms with Crippen molar-refractivity contribution >= 4 is 33.8 Å². The van der Waals surface area contributed by atoms with Crippen LogP contribution in [-0.4, -0.2) is 15.8 Å². The van der Waals surface area contributed by atoms with Crippen LogP contribution in [0.15, 0.2) is 101 Å². The minimum Gasteiger partial charge on any atom is -0.464 e. The fourth-order valence-corrected chi connectivity index (χ4v) is 5.80. The summed E-state index contributed by atoms with van der Waals surface area (Å²) in [4.78, 5) is 6.42. The lowest BCUT2D eigenvalue weighted by Gasteiger charge is -2.24. The Balaban J connectivity index is 1.71. The van der Waals surface area contributed by atoms with Gasteiger partial charge in [-0.05, 0) is 82.8 Å². The van der Waals surface area contributed by atoms with Gasteiger partial charge in [-0.25, -0.2) is 4.98 Å². The first-order valence-electron chi connectivity index (χ1n) is 13.2. The summed E-state index contributed by atoms with van der Waals surface area (Å²) in [6.45, 7) is 9.14. The van der Waals surface area contributed by atoms with Crippen LogP contribution < -0.4 is 0 Å². The Morgan fingerprint density at radius 2 is 1.45 bits per heavy atom. The summed E-state index contributed by atoms with van der Waals surface area (Å²) in [7, 11) is 0. The molecule has 0 bridgehead atoms. The van der Waals surface area contributed by atoms with Gasteiger partial charge in [0.05, 0.1) is 22.3 Å². The fraction of sp³-hybridized carbons (Fsp3) is 0.206. The maximum absolute atomic E-state index is 6.06. The van der Waals surface area contributed by atoms with Gasteiger partial charge in [0.15, 0.2) is 0 Å². The Bertz CT molecular complexity index is 1730. The standard InChI is InChI=1S/C34H32N2OS/c1-21(2)26-17-24(23-11-7-6-8-12-23)18-27(22(3)4)33(26)36-31-14-10-9-13-30(31)35-34(36)29-20-37-32-16-15-25(38-5)19-28(29)32/h6-22H,1-5H3. The van der Waals surface area contributed by atoms with E-state index in [-0.39, 0.29) is 0 Å². The first-order chi connectivity index (χ1) is 18.5. The van der Waals surface area contributed by atoms with Gasteiger partial charge in [-0.1, -0.05) is 70.2 Å². The minimum absolute atomic E-state index is 0.323. The van der Waals surface area contributed by atoms with Crippen molar-refractivity contribution in [2.75, 3.05) is 6.26 Å². The molecule has 6 aromatic rings. The van der Waals surface area contributed by atoms with E-state index >= 15 is 0 Å². The average Bonchev–Trinajstić information content (AvgIpc) is 3.53. The van der Waals surface area contributed by atoms with E-state index in [4.69, 9.17) is 9.40 Å². The highest BCUT2D eigenvalue weighted by Crippen LogP contribution is 2.41. The molecular weight excluding hydrogens is 484 g/mol. The van der Waals surface area contributed by atoms with Crippen LogP contribution >= 0.6 is 11.8 Å². The van der Waals surface area contributed by atoms with Crippen LogP contribution in [0.4, 0.5) is 0 Å². The van der Waals surface area contributed by atoms with Gasteiger partial charge in [-0.2, -0.15) is 0 Å². The molecule has 6 rings (SSSR count). The number of rotatable bonds is 6. The van der Waals surface area contributed by atoms with Crippen LogP contribution in [0, 0.1) is 0 Å². The summed E-state index contributed by atoms with van der Waals surface area (Å²) in [5.41, 5.74) is 10.3. The van der Waals surface area contributed by atoms with Crippen molar-refractivity contribution in [1.82, 2.24) is 9.55 Å². The van der Waals surface area contributed by atoms with Crippen LogP contribution in [0.2, 0.25) is 0 Å². The van der Waals surface area contributed by atoms with E-state index in [9.17, 15) is 0 Å². The molecule has 0 saturated heterocycles. The molecule has 0 fully saturated rings. The Hall–Kier alpha value is -3.76. The van der Waals surface area contributed by atoms with Gasteiger partial charge in [-0.15, -0.1) is 11.8 Å². The molecule has 3 nitrogen and oxygen atoms in total. The lowest BCUT2D eigenvalue weighted by Crippen LogP contribution is -2.09. The quantitative estimate of drug-likeness (QED) is 0.206. The highest BCUT2D eigenvalue weighted by Gasteiger charge is 2.25. The van der Waals surface area contributed by atoms with Gasteiger partial charge in [0, 0.05) is 10.3 Å². The number of furan rings is 1. The average molecular weight is 517 g/mol. The zero-order chi connectivity index (χ0) is 26.4. The van der Waals surface area contributed by atoms with Crippen molar-refractivity contribution in [2.24, 2.45) is 0 Å². The zero-order valence-corrected chi connectivity index (χ0v) is 23.3. The summed E-state index contributed by atoms with van der Waals surface area (Å²) in [5, 5.41) is 1.09. The maximum atomic E-state index is 6.06. The van der Waals surface area contributed by atoms with Crippen LogP contribution in [0.3, 0.4) is 0 Å². The summed E-state index contributed by atoms with van der Waals surface area (Å²) >= 11 is 1.74. The number of imidazole rings is 1. The molecule has 0 radical (unpaired) electrons. The number of para-hydroxylation sites is 2. The Morgan fingerprint density at radius 3 is 2.13 bits per heavy atom. The SMILES string of the molecule is CSc1ccc2occ(-c3nc4ccccc4n3-c3c(C(C)C)cc(-c4ccccc4)cc3C(C)C)c2c1. The zero-order valence-electron chi connectivity index (χ0n) is 22.5. The molecule has 0 aliphatic carbocycles. The number of thioether (sulfide) groups is 1. The van der Waals surface area contributed by atoms with E-state index in [0.717, 1.165) is 33.4 Å². The highest BCUT2D eigenvalue weighted by atomic mass is 32.2. The molecule has 2 heterocycles. The normalized spacial score (nSPS) is 11.9. The largest absolute Gasteiger partial charge is 0.464 e. The van der Waals surface area contributed by atoms with Crippen molar-refractivity contribution in [2.45, 2.75) is 44.4 Å². The second-order valence-corrected chi connectivity index (χ2v) is 11.3. The van der Waals surface area contributed by atoms with E-state index in [0.29, 0.717) is 11.8 Å². The van der Waals surface area contributed by atoms with Crippen LogP contribution in [-0.2, 0) is 0 Å². The highest BCUT2D eigenvalue weighted by molar-refractivity contribution is 7.98. The number of hydrogen-bond acceptors (Lipinski definition) is 3. The fourth-order valence-electron chi connectivity index (χ4n) is 5.36. The molecular formula is C34H32N2OS. The number of benzene rings is 4. The van der Waals surface area contributed by atoms with E-state index in [1.54, 1.807) is 11.8 Å². The lowest BCUT2D eigenvalue weighted by atomic mass is 9.88. The van der Waals surface area contributed by atoms with E-state index in [1.807, 2.05) is 6.26 Å². The molecule has 0 N–H and O–H groups in total. The van der Waals surface area contributed by atoms with E-state index in [1.165, 1.54) is 32.8 Å². The van der Waals surface area contributed by atoms with Crippen LogP contribution in [0.25, 0.3) is 50.2 Å². The smallest absolute Gasteiger partial charge is 0.149 e. The van der Waals surface area contributed by atoms with Crippen molar-refractivity contribution < 1.29 is 4.42 Å². The van der Waals surface area contributed by atoms with Crippen LogP contribution in [0.1, 0.15) is 50.7 Å². The Kier molecular flexibility index (Phi) is 6.37. The molecule has 0 saturated carbocycles. The first kappa shape index (κ1) is 24.6. The third-order valence-corrected chi connectivity index (χ3v) is 8.05. The molecule has 0 aliphatic rings. The van der Waals surface area contributed by atoms with Gasteiger partial charge in [0.25, 0.3) is 0 Å². The molecule has 0 atom stereocenters. The molecule has 0 amide bonds. The number of hydrogen-bond donors (Lipinski definition) is 0. The van der Waals surface area contributed by atoms with Gasteiger partial charge < -0.3 is 4.42 Å². The molecule has 0 spiro atoms. The Morgan fingerprint density at radius 1 is 0.763 bits per heavy atom. The number of fused-ring (bicyclic) bond motifs is 2. The summed E-state index contributed by atoms with van der Waals surface area (Å²) in [6.07, 6.45) is 3.98. The summed E-state index contributed by atoms with van der Waals surface area (Å²) in [6, 6.07) is 30.3. The molecule has 0 aliphatic heterocycles. The van der Waals surface area contributed by atoms with Crippen molar-refractivity contribution in [3.8, 4) is 28.2 Å². The van der Waals surface area contributed by atoms with Gasteiger partial charge in [-0.3, -0.25) is 4.57 Å². The predicted octanol–water partition coefficient (Wildman–Crippen LogP) is 10.1. The Labute approximate surface area is 228 Å². The first-order valence-corrected chi connectivity index (χ1v) is 14.5. The second kappa shape index (κ2) is 9.85. The molecule has 190 valence electrons. The third kappa shape index (κ3) is 4.13. The van der Waals surface area contributed by atoms with E-state index < -0.39 is 0 Å². The summed E-state index contributed by atoms with van der Waals surface area (Å²) in [5.74, 6) is 1.56. The minimum atomic E-state index is 0.323. The molecule has 38 heavy (non-hydrogen) atoms. The lowest BCUT2D eigenvalue weighted by molar-refractivity contribution is 0.616. The van der Waals surface area contributed by atoms with Crippen molar-refractivity contribution in [3.63, 3.8) is 0 Å². The van der Waals surface area contributed by atoms with Gasteiger partial charge in [0.1, 0.15) is 17.7 Å². The van der Waals surface area contributed by atoms with Crippen molar-refractivity contribution in [1.29, 1.82) is 0 Å². The molecule has 0 unspecified atom stereocenters. The monoisotopic (exact) mass is 516 g/mol. The number of aromatic nitrogens is 2. The second-order valence-electron chi connectivity index (χ2n) is 10.4. The summed E-state index contributed by atoms with van der Waals surface area (Å²) < 4.78 is 8.44. The van der Waals surface area contributed by atoms with Crippen LogP contribution in [0.5, 0.6) is 0 Å².